The summed E-state index contributed by atoms with van der Waals surface area (Å²) in [4.78, 5) is 22.8. The molecule has 0 amide bonds. The first-order valence-electron chi connectivity index (χ1n) is 8.33. The number of aryl methyl sites for hydroxylation is 1. The summed E-state index contributed by atoms with van der Waals surface area (Å²) in [6.45, 7) is 2.24. The molecule has 0 saturated carbocycles. The van der Waals surface area contributed by atoms with Gasteiger partial charge in [0.1, 0.15) is 0 Å². The van der Waals surface area contributed by atoms with Crippen LogP contribution in [0.1, 0.15) is 92.0 Å². The fourth-order valence-electron chi connectivity index (χ4n) is 2.59. The van der Waals surface area contributed by atoms with Crippen LogP contribution in [0.2, 0.25) is 0 Å². The number of hydrogen-bond acceptors (Lipinski definition) is 2. The van der Waals surface area contributed by atoms with Crippen molar-refractivity contribution in [3.8, 4) is 0 Å². The van der Waals surface area contributed by atoms with Gasteiger partial charge in [0.2, 0.25) is 0 Å². The number of unbranched alkanes of at least 4 members (excludes halogenated alkanes) is 8. The zero-order chi connectivity index (χ0) is 15.5. The summed E-state index contributed by atoms with van der Waals surface area (Å²) in [6, 6.07) is 1.68. The molecule has 21 heavy (non-hydrogen) atoms. The van der Waals surface area contributed by atoms with E-state index < -0.39 is 0 Å². The van der Waals surface area contributed by atoms with Gasteiger partial charge in [-0.05, 0) is 12.5 Å². The minimum Gasteiger partial charge on any atom is -0.348 e. The van der Waals surface area contributed by atoms with E-state index in [0.717, 1.165) is 19.1 Å². The Labute approximate surface area is 128 Å². The second-order valence-corrected chi connectivity index (χ2v) is 5.88. The summed E-state index contributed by atoms with van der Waals surface area (Å²) in [6.07, 6.45) is 14.4. The zero-order valence-corrected chi connectivity index (χ0v) is 13.6. The molecule has 0 fully saturated rings. The fraction of sp³-hybridized carbons (Fsp3) is 0.667. The Hall–Kier alpha value is -1.38. The number of aromatic nitrogens is 1. The maximum absolute atomic E-state index is 12.0. The van der Waals surface area contributed by atoms with E-state index >= 15 is 0 Å². The first-order valence-corrected chi connectivity index (χ1v) is 8.33. The van der Waals surface area contributed by atoms with Gasteiger partial charge in [-0.1, -0.05) is 58.3 Å². The maximum atomic E-state index is 12.0. The molecule has 0 atom stereocenters. The van der Waals surface area contributed by atoms with Crippen molar-refractivity contribution in [2.75, 3.05) is 0 Å². The molecule has 0 saturated heterocycles. The Morgan fingerprint density at radius 3 is 2.14 bits per heavy atom. The molecule has 0 spiro atoms. The standard InChI is InChI=1S/C18H29NO2/c1-3-4-5-6-7-8-9-10-11-12-18(21)16-13-17(15-20)19(2)14-16/h13-15H,3-12H2,1-2H3. The van der Waals surface area contributed by atoms with Crippen LogP contribution in [0.5, 0.6) is 0 Å². The lowest BCUT2D eigenvalue weighted by molar-refractivity contribution is 0.0979. The second kappa shape index (κ2) is 10.4. The number of nitrogens with zero attached hydrogens (tertiary/aromatic N) is 1. The van der Waals surface area contributed by atoms with Gasteiger partial charge in [0, 0.05) is 25.2 Å². The highest BCUT2D eigenvalue weighted by atomic mass is 16.1. The predicted octanol–water partition coefficient (Wildman–Crippen LogP) is 4.94. The lowest BCUT2D eigenvalue weighted by atomic mass is 10.0. The number of carbonyl (C=O) groups is 2. The number of hydrogen-bond donors (Lipinski definition) is 0. The average molecular weight is 291 g/mol. The summed E-state index contributed by atoms with van der Waals surface area (Å²) >= 11 is 0. The summed E-state index contributed by atoms with van der Waals surface area (Å²) < 4.78 is 1.70. The SMILES string of the molecule is CCCCCCCCCCCC(=O)c1cc(C=O)n(C)c1. The lowest BCUT2D eigenvalue weighted by Crippen LogP contribution is -1.97. The van der Waals surface area contributed by atoms with Crippen LogP contribution in [0.3, 0.4) is 0 Å². The van der Waals surface area contributed by atoms with Crippen molar-refractivity contribution < 1.29 is 9.59 Å². The van der Waals surface area contributed by atoms with Gasteiger partial charge in [0.05, 0.1) is 5.69 Å². The van der Waals surface area contributed by atoms with Gasteiger partial charge in [-0.2, -0.15) is 0 Å². The Bertz CT molecular complexity index is 434. The van der Waals surface area contributed by atoms with Gasteiger partial charge >= 0.3 is 0 Å². The fourth-order valence-corrected chi connectivity index (χ4v) is 2.59. The van der Waals surface area contributed by atoms with Gasteiger partial charge in [-0.15, -0.1) is 0 Å². The number of aldehydes is 1. The molecular formula is C18H29NO2. The van der Waals surface area contributed by atoms with Crippen molar-refractivity contribution in [3.05, 3.63) is 23.5 Å². The van der Waals surface area contributed by atoms with Crippen molar-refractivity contribution >= 4 is 12.1 Å². The summed E-state index contributed by atoms with van der Waals surface area (Å²) in [7, 11) is 1.79. The summed E-state index contributed by atoms with van der Waals surface area (Å²) in [5, 5.41) is 0. The monoisotopic (exact) mass is 291 g/mol. The molecule has 0 aliphatic heterocycles. The van der Waals surface area contributed by atoms with Crippen molar-refractivity contribution in [3.63, 3.8) is 0 Å². The number of carbonyl (C=O) groups excluding carboxylic acids is 2. The Balaban J connectivity index is 2.09. The molecule has 1 aromatic heterocycles. The molecule has 0 radical (unpaired) electrons. The smallest absolute Gasteiger partial charge is 0.166 e. The van der Waals surface area contributed by atoms with Gasteiger partial charge < -0.3 is 4.57 Å². The minimum atomic E-state index is 0.154. The molecule has 0 aliphatic rings. The van der Waals surface area contributed by atoms with Crippen LogP contribution >= 0.6 is 0 Å². The van der Waals surface area contributed by atoms with Crippen LogP contribution in [0, 0.1) is 0 Å². The molecule has 118 valence electrons. The molecule has 3 nitrogen and oxygen atoms in total. The molecular weight excluding hydrogens is 262 g/mol. The number of rotatable bonds is 12. The number of Topliss-reactive ketones (excluding diaryl/α,β-unsaturated/α-hetero) is 1. The maximum Gasteiger partial charge on any atom is 0.166 e. The van der Waals surface area contributed by atoms with Crippen molar-refractivity contribution in [2.45, 2.75) is 71.1 Å². The normalized spacial score (nSPS) is 10.8. The zero-order valence-electron chi connectivity index (χ0n) is 13.6. The lowest BCUT2D eigenvalue weighted by Gasteiger charge is -2.01. The topological polar surface area (TPSA) is 39.1 Å². The van der Waals surface area contributed by atoms with Crippen molar-refractivity contribution in [1.82, 2.24) is 4.57 Å². The van der Waals surface area contributed by atoms with E-state index in [1.165, 1.54) is 44.9 Å². The summed E-state index contributed by atoms with van der Waals surface area (Å²) in [5.41, 5.74) is 1.23. The van der Waals surface area contributed by atoms with Crippen LogP contribution in [-0.4, -0.2) is 16.6 Å². The van der Waals surface area contributed by atoms with E-state index in [2.05, 4.69) is 6.92 Å². The third-order valence-corrected chi connectivity index (χ3v) is 3.99. The third kappa shape index (κ3) is 6.74. The Kier molecular flexibility index (Phi) is 8.72. The first-order chi connectivity index (χ1) is 10.2. The number of ketones is 1. The van der Waals surface area contributed by atoms with E-state index in [0.29, 0.717) is 17.7 Å². The van der Waals surface area contributed by atoms with E-state index in [1.807, 2.05) is 0 Å². The van der Waals surface area contributed by atoms with Gasteiger partial charge in [0.25, 0.3) is 0 Å². The van der Waals surface area contributed by atoms with E-state index in [1.54, 1.807) is 23.9 Å². The molecule has 1 aromatic rings. The highest BCUT2D eigenvalue weighted by Gasteiger charge is 2.09. The molecule has 3 heteroatoms. The molecule has 0 aromatic carbocycles. The second-order valence-electron chi connectivity index (χ2n) is 5.88. The highest BCUT2D eigenvalue weighted by molar-refractivity contribution is 5.97. The first kappa shape index (κ1) is 17.7. The van der Waals surface area contributed by atoms with Gasteiger partial charge in [0.15, 0.2) is 12.1 Å². The van der Waals surface area contributed by atoms with E-state index in [9.17, 15) is 9.59 Å². The van der Waals surface area contributed by atoms with Gasteiger partial charge in [-0.25, -0.2) is 0 Å². The van der Waals surface area contributed by atoms with E-state index in [4.69, 9.17) is 0 Å². The quantitative estimate of drug-likeness (QED) is 0.311. The molecule has 0 unspecified atom stereocenters. The van der Waals surface area contributed by atoms with E-state index in [-0.39, 0.29) is 5.78 Å². The van der Waals surface area contributed by atoms with Gasteiger partial charge in [-0.3, -0.25) is 9.59 Å². The van der Waals surface area contributed by atoms with Crippen LogP contribution in [0.25, 0.3) is 0 Å². The van der Waals surface area contributed by atoms with Crippen LogP contribution in [-0.2, 0) is 7.05 Å². The third-order valence-electron chi connectivity index (χ3n) is 3.99. The Morgan fingerprint density at radius 2 is 1.62 bits per heavy atom. The van der Waals surface area contributed by atoms with Crippen molar-refractivity contribution in [1.29, 1.82) is 0 Å². The Morgan fingerprint density at radius 1 is 1.05 bits per heavy atom. The van der Waals surface area contributed by atoms with Crippen LogP contribution < -0.4 is 0 Å². The minimum absolute atomic E-state index is 0.154. The molecule has 1 heterocycles. The molecule has 0 aliphatic carbocycles. The average Bonchev–Trinajstić information content (AvgIpc) is 2.86. The van der Waals surface area contributed by atoms with Crippen LogP contribution in [0.15, 0.2) is 12.3 Å². The summed E-state index contributed by atoms with van der Waals surface area (Å²) in [5.74, 6) is 0.154. The molecule has 0 N–H and O–H groups in total. The highest BCUT2D eigenvalue weighted by Crippen LogP contribution is 2.13. The molecule has 1 rings (SSSR count). The molecule has 0 bridgehead atoms. The van der Waals surface area contributed by atoms with Crippen LogP contribution in [0.4, 0.5) is 0 Å². The van der Waals surface area contributed by atoms with Crippen molar-refractivity contribution in [2.24, 2.45) is 7.05 Å². The predicted molar refractivity (Wildman–Crippen MR) is 87.0 cm³/mol. The largest absolute Gasteiger partial charge is 0.348 e.